The van der Waals surface area contributed by atoms with Gasteiger partial charge in [0.05, 0.1) is 11.6 Å². The van der Waals surface area contributed by atoms with Crippen molar-refractivity contribution >= 4 is 17.4 Å². The molecule has 8 heteroatoms. The van der Waals surface area contributed by atoms with E-state index in [2.05, 4.69) is 34.2 Å². The van der Waals surface area contributed by atoms with Crippen molar-refractivity contribution in [1.29, 1.82) is 5.26 Å². The number of hydrogen-bond acceptors (Lipinski definition) is 6. The molecule has 1 N–H and O–H groups in total. The van der Waals surface area contributed by atoms with Crippen molar-refractivity contribution in [3.63, 3.8) is 0 Å². The molecule has 1 fully saturated rings. The van der Waals surface area contributed by atoms with E-state index in [1.807, 2.05) is 49.4 Å². The number of amides is 1. The molecule has 1 aliphatic heterocycles. The Bertz CT molecular complexity index is 1420. The second-order valence-corrected chi connectivity index (χ2v) is 11.0. The number of benzene rings is 2. The van der Waals surface area contributed by atoms with Gasteiger partial charge in [0.25, 0.3) is 5.91 Å². The van der Waals surface area contributed by atoms with Crippen LogP contribution in [0.15, 0.2) is 60.8 Å². The summed E-state index contributed by atoms with van der Waals surface area (Å²) in [6, 6.07) is 20.1. The van der Waals surface area contributed by atoms with Gasteiger partial charge in [0.1, 0.15) is 5.56 Å². The van der Waals surface area contributed by atoms with Gasteiger partial charge in [-0.2, -0.15) is 9.99 Å². The number of nitriles is 1. The van der Waals surface area contributed by atoms with Crippen LogP contribution in [0.25, 0.3) is 0 Å². The van der Waals surface area contributed by atoms with Gasteiger partial charge >= 0.3 is 0 Å². The standard InChI is InChI=1S/C33H39N5O3/c1-23-13-19-38(41)25(3)32(23)33(40)35-16-12-24(2)36-17-14-31(15-18-36)37(22-28-7-5-6-27(20-28)21-34)30-10-8-29(9-11-30)26(4)39/h5-11,13,19-20,24,31H,12,14-18,22H2,1-4H3,(H,35,40). The minimum Gasteiger partial charge on any atom is -0.618 e. The third-order valence-electron chi connectivity index (χ3n) is 8.20. The summed E-state index contributed by atoms with van der Waals surface area (Å²) in [5.74, 6) is -0.158. The molecule has 3 aromatic rings. The van der Waals surface area contributed by atoms with E-state index in [1.54, 1.807) is 19.9 Å². The Morgan fingerprint density at radius 1 is 1.15 bits per heavy atom. The molecule has 1 saturated heterocycles. The van der Waals surface area contributed by atoms with E-state index in [0.29, 0.717) is 47.6 Å². The molecule has 0 aliphatic carbocycles. The van der Waals surface area contributed by atoms with Crippen LogP contribution in [0.2, 0.25) is 0 Å². The van der Waals surface area contributed by atoms with Crippen LogP contribution in [0, 0.1) is 30.4 Å². The first-order valence-electron chi connectivity index (χ1n) is 14.3. The van der Waals surface area contributed by atoms with Crippen molar-refractivity contribution in [2.45, 2.75) is 65.6 Å². The molecule has 1 unspecified atom stereocenters. The third-order valence-corrected chi connectivity index (χ3v) is 8.20. The highest BCUT2D eigenvalue weighted by Gasteiger charge is 2.28. The number of piperidine rings is 1. The number of Topliss-reactive ketones (excluding diaryl/α,β-unsaturated/α-hetero) is 1. The molecule has 1 atom stereocenters. The van der Waals surface area contributed by atoms with Crippen LogP contribution in [0.5, 0.6) is 0 Å². The first-order chi connectivity index (χ1) is 19.7. The van der Waals surface area contributed by atoms with Gasteiger partial charge in [-0.05, 0) is 87.6 Å². The molecule has 1 aromatic heterocycles. The second-order valence-electron chi connectivity index (χ2n) is 11.0. The summed E-state index contributed by atoms with van der Waals surface area (Å²) in [5, 5.41) is 24.3. The molecular weight excluding hydrogens is 514 g/mol. The molecule has 1 amide bonds. The van der Waals surface area contributed by atoms with Crippen molar-refractivity contribution in [2.24, 2.45) is 0 Å². The summed E-state index contributed by atoms with van der Waals surface area (Å²) in [5.41, 5.74) is 5.15. The first-order valence-corrected chi connectivity index (χ1v) is 14.3. The van der Waals surface area contributed by atoms with Crippen LogP contribution < -0.4 is 14.9 Å². The third kappa shape index (κ3) is 7.30. The number of anilines is 1. The Kier molecular flexibility index (Phi) is 9.74. The highest BCUT2D eigenvalue weighted by atomic mass is 16.5. The van der Waals surface area contributed by atoms with Crippen LogP contribution >= 0.6 is 0 Å². The fourth-order valence-corrected chi connectivity index (χ4v) is 5.67. The fourth-order valence-electron chi connectivity index (χ4n) is 5.67. The molecule has 214 valence electrons. The average Bonchev–Trinajstić information content (AvgIpc) is 2.98. The predicted molar refractivity (Wildman–Crippen MR) is 160 cm³/mol. The summed E-state index contributed by atoms with van der Waals surface area (Å²) in [6.07, 6.45) is 4.21. The van der Waals surface area contributed by atoms with Crippen molar-refractivity contribution in [2.75, 3.05) is 24.5 Å². The minimum absolute atomic E-state index is 0.0476. The summed E-state index contributed by atoms with van der Waals surface area (Å²) in [7, 11) is 0. The zero-order chi connectivity index (χ0) is 29.5. The second kappa shape index (κ2) is 13.4. The number of pyridine rings is 1. The van der Waals surface area contributed by atoms with Crippen LogP contribution in [-0.2, 0) is 6.54 Å². The van der Waals surface area contributed by atoms with Crippen molar-refractivity contribution in [1.82, 2.24) is 10.2 Å². The number of nitrogens with one attached hydrogen (secondary N) is 1. The van der Waals surface area contributed by atoms with E-state index in [4.69, 9.17) is 0 Å². The molecule has 0 saturated carbocycles. The highest BCUT2D eigenvalue weighted by Crippen LogP contribution is 2.28. The van der Waals surface area contributed by atoms with Crippen LogP contribution in [-0.4, -0.2) is 48.3 Å². The zero-order valence-corrected chi connectivity index (χ0v) is 24.4. The van der Waals surface area contributed by atoms with Gasteiger partial charge in [0, 0.05) is 62.5 Å². The fraction of sp³-hybridized carbons (Fsp3) is 0.394. The van der Waals surface area contributed by atoms with Gasteiger partial charge in [-0.25, -0.2) is 0 Å². The first kappa shape index (κ1) is 29.8. The Hall–Kier alpha value is -4.22. The number of hydrogen-bond donors (Lipinski definition) is 1. The molecule has 41 heavy (non-hydrogen) atoms. The molecule has 0 bridgehead atoms. The number of aromatic nitrogens is 1. The van der Waals surface area contributed by atoms with E-state index in [-0.39, 0.29) is 11.7 Å². The number of rotatable bonds is 10. The Balaban J connectivity index is 1.37. The molecule has 0 spiro atoms. The molecule has 1 aliphatic rings. The van der Waals surface area contributed by atoms with Crippen molar-refractivity contribution in [3.05, 3.63) is 99.5 Å². The van der Waals surface area contributed by atoms with Gasteiger partial charge in [-0.15, -0.1) is 0 Å². The maximum absolute atomic E-state index is 12.8. The largest absolute Gasteiger partial charge is 0.618 e. The summed E-state index contributed by atoms with van der Waals surface area (Å²) < 4.78 is 0.732. The molecule has 4 rings (SSSR count). The maximum Gasteiger partial charge on any atom is 0.257 e. The molecule has 0 radical (unpaired) electrons. The highest BCUT2D eigenvalue weighted by molar-refractivity contribution is 5.96. The molecule has 2 aromatic carbocycles. The van der Waals surface area contributed by atoms with E-state index >= 15 is 0 Å². The number of aryl methyl sites for hydroxylation is 1. The molecular formula is C33H39N5O3. The van der Waals surface area contributed by atoms with Crippen LogP contribution in [0.1, 0.15) is 76.2 Å². The number of ketones is 1. The number of nitrogens with zero attached hydrogens (tertiary/aromatic N) is 4. The van der Waals surface area contributed by atoms with Crippen LogP contribution in [0.3, 0.4) is 0 Å². The Morgan fingerprint density at radius 2 is 1.85 bits per heavy atom. The Morgan fingerprint density at radius 3 is 2.51 bits per heavy atom. The molecule has 2 heterocycles. The number of carbonyl (C=O) groups excluding carboxylic acids is 2. The lowest BCUT2D eigenvalue weighted by molar-refractivity contribution is -0.612. The molecule has 8 nitrogen and oxygen atoms in total. The van der Waals surface area contributed by atoms with Crippen molar-refractivity contribution < 1.29 is 14.3 Å². The van der Waals surface area contributed by atoms with Gasteiger partial charge < -0.3 is 20.3 Å². The normalized spacial score (nSPS) is 14.7. The van der Waals surface area contributed by atoms with E-state index in [1.165, 1.54) is 6.20 Å². The predicted octanol–water partition coefficient (Wildman–Crippen LogP) is 4.69. The van der Waals surface area contributed by atoms with Crippen molar-refractivity contribution in [3.8, 4) is 6.07 Å². The topological polar surface area (TPSA) is 103 Å². The minimum atomic E-state index is -0.206. The van der Waals surface area contributed by atoms with Gasteiger partial charge in [-0.1, -0.05) is 12.1 Å². The lowest BCUT2D eigenvalue weighted by Gasteiger charge is -2.42. The van der Waals surface area contributed by atoms with Crippen LogP contribution in [0.4, 0.5) is 5.69 Å². The lowest BCUT2D eigenvalue weighted by Crippen LogP contribution is -2.48. The lowest BCUT2D eigenvalue weighted by atomic mass is 9.98. The van der Waals surface area contributed by atoms with E-state index in [9.17, 15) is 20.1 Å². The number of carbonyl (C=O) groups is 2. The quantitative estimate of drug-likeness (QED) is 0.222. The number of likely N-dealkylation sites (tertiary alicyclic amines) is 1. The maximum atomic E-state index is 12.8. The average molecular weight is 554 g/mol. The summed E-state index contributed by atoms with van der Waals surface area (Å²) in [4.78, 5) is 29.5. The van der Waals surface area contributed by atoms with Gasteiger partial charge in [0.15, 0.2) is 12.0 Å². The smallest absolute Gasteiger partial charge is 0.257 e. The van der Waals surface area contributed by atoms with E-state index < -0.39 is 0 Å². The zero-order valence-electron chi connectivity index (χ0n) is 24.4. The summed E-state index contributed by atoms with van der Waals surface area (Å²) in [6.45, 7) is 10.4. The van der Waals surface area contributed by atoms with E-state index in [0.717, 1.165) is 53.9 Å². The van der Waals surface area contributed by atoms with Gasteiger partial charge in [-0.3, -0.25) is 9.59 Å². The Labute approximate surface area is 242 Å². The van der Waals surface area contributed by atoms with Gasteiger partial charge in [0.2, 0.25) is 5.69 Å². The SMILES string of the molecule is CC(=O)c1ccc(N(Cc2cccc(C#N)c2)C2CCN(C(C)CCNC(=O)c3c(C)cc[n+]([O-])c3C)CC2)cc1. The monoisotopic (exact) mass is 553 g/mol. The summed E-state index contributed by atoms with van der Waals surface area (Å²) >= 11 is 0.